The summed E-state index contributed by atoms with van der Waals surface area (Å²) in [6, 6.07) is 10.2. The molecule has 1 spiro atoms. The SMILES string of the molecule is C/C=C\C=C/CCCCC(C)CCC.C=C1Cc2ccc(CCc3ccc(C=O)cc3OC)nc2C(C2CCCC2)CC12CC2.CC. The highest BCUT2D eigenvalue weighted by atomic mass is 16.5. The smallest absolute Gasteiger partial charge is 0.150 e. The summed E-state index contributed by atoms with van der Waals surface area (Å²) < 4.78 is 5.52. The topological polar surface area (TPSA) is 39.2 Å². The predicted molar refractivity (Wildman–Crippen MR) is 202 cm³/mol. The fraction of sp³-hybridized carbons (Fsp3) is 0.591. The highest BCUT2D eigenvalue weighted by molar-refractivity contribution is 5.75. The number of hydrogen-bond acceptors (Lipinski definition) is 3. The number of aromatic nitrogens is 1. The van der Waals surface area contributed by atoms with Crippen LogP contribution in [0.5, 0.6) is 5.75 Å². The highest BCUT2D eigenvalue weighted by Gasteiger charge is 2.50. The van der Waals surface area contributed by atoms with E-state index >= 15 is 0 Å². The number of ether oxygens (including phenoxy) is 1. The maximum Gasteiger partial charge on any atom is 0.150 e. The van der Waals surface area contributed by atoms with Gasteiger partial charge >= 0.3 is 0 Å². The van der Waals surface area contributed by atoms with E-state index in [1.54, 1.807) is 7.11 Å². The average molecular weight is 640 g/mol. The van der Waals surface area contributed by atoms with E-state index in [2.05, 4.69) is 63.8 Å². The Morgan fingerprint density at radius 2 is 1.81 bits per heavy atom. The number of benzene rings is 1. The first-order chi connectivity index (χ1) is 22.9. The fourth-order valence-corrected chi connectivity index (χ4v) is 7.68. The first kappa shape index (κ1) is 38.5. The summed E-state index contributed by atoms with van der Waals surface area (Å²) in [6.07, 6.45) is 29.7. The molecule has 2 atom stereocenters. The van der Waals surface area contributed by atoms with E-state index in [1.807, 2.05) is 32.0 Å². The molecule has 5 rings (SSSR count). The minimum absolute atomic E-state index is 0.405. The Balaban J connectivity index is 0.000000319. The van der Waals surface area contributed by atoms with Crippen LogP contribution in [0.3, 0.4) is 0 Å². The molecule has 0 saturated heterocycles. The van der Waals surface area contributed by atoms with Crippen LogP contribution in [-0.4, -0.2) is 18.4 Å². The molecular formula is C44H65NO2. The van der Waals surface area contributed by atoms with Crippen molar-refractivity contribution in [3.63, 3.8) is 0 Å². The number of aryl methyl sites for hydroxylation is 2. The van der Waals surface area contributed by atoms with Gasteiger partial charge in [-0.1, -0.05) is 121 Å². The quantitative estimate of drug-likeness (QED) is 0.0893. The lowest BCUT2D eigenvalue weighted by atomic mass is 9.79. The second-order valence-corrected chi connectivity index (χ2v) is 14.1. The molecular weight excluding hydrogens is 574 g/mol. The van der Waals surface area contributed by atoms with E-state index < -0.39 is 0 Å². The molecule has 258 valence electrons. The Morgan fingerprint density at radius 1 is 1.04 bits per heavy atom. The van der Waals surface area contributed by atoms with Crippen molar-refractivity contribution in [2.24, 2.45) is 17.3 Å². The minimum atomic E-state index is 0.405. The molecule has 47 heavy (non-hydrogen) atoms. The van der Waals surface area contributed by atoms with Crippen LogP contribution in [0.15, 0.2) is 66.8 Å². The Morgan fingerprint density at radius 3 is 2.47 bits per heavy atom. The first-order valence-corrected chi connectivity index (χ1v) is 19.0. The highest BCUT2D eigenvalue weighted by Crippen LogP contribution is 2.61. The van der Waals surface area contributed by atoms with Crippen molar-refractivity contribution in [3.05, 3.63) is 94.9 Å². The summed E-state index contributed by atoms with van der Waals surface area (Å²) in [4.78, 5) is 16.4. The van der Waals surface area contributed by atoms with Crippen LogP contribution in [-0.2, 0) is 19.3 Å². The normalized spacial score (nSPS) is 19.0. The van der Waals surface area contributed by atoms with E-state index in [9.17, 15) is 4.79 Å². The van der Waals surface area contributed by atoms with E-state index in [4.69, 9.17) is 9.72 Å². The van der Waals surface area contributed by atoms with E-state index in [-0.39, 0.29) is 0 Å². The Hall–Kier alpha value is -2.94. The number of carbonyl (C=O) groups excluding carboxylic acids is 1. The van der Waals surface area contributed by atoms with Gasteiger partial charge in [-0.3, -0.25) is 9.78 Å². The van der Waals surface area contributed by atoms with Gasteiger partial charge in [0, 0.05) is 22.9 Å². The molecule has 3 heteroatoms. The van der Waals surface area contributed by atoms with E-state index in [1.165, 1.54) is 106 Å². The minimum Gasteiger partial charge on any atom is -0.496 e. The molecule has 2 aromatic rings. The molecule has 0 bridgehead atoms. The van der Waals surface area contributed by atoms with Crippen LogP contribution in [0.4, 0.5) is 0 Å². The maximum atomic E-state index is 11.1. The van der Waals surface area contributed by atoms with Crippen molar-refractivity contribution in [1.29, 1.82) is 0 Å². The number of allylic oxidation sites excluding steroid dienone is 5. The van der Waals surface area contributed by atoms with Gasteiger partial charge in [0.25, 0.3) is 0 Å². The van der Waals surface area contributed by atoms with Crippen LogP contribution in [0.25, 0.3) is 0 Å². The van der Waals surface area contributed by atoms with Gasteiger partial charge in [-0.25, -0.2) is 0 Å². The molecule has 1 aromatic heterocycles. The zero-order valence-corrected chi connectivity index (χ0v) is 30.8. The standard InChI is InChI=1S/C28H33NO2.C14H26.C2H6/c1-19-15-23-10-12-24(11-9-22-8-7-20(18-30)16-26(22)31-2)29-27(23)25(17-28(19)13-14-28)21-5-3-4-6-21;1-4-6-7-8-9-10-11-13-14(3)12-5-2;1-2/h7-8,10,12,16,18,21,25H,1,3-6,9,11,13-15,17H2,2H3;4,6-8,14H,5,9-13H2,1-3H3;1-2H3/b;6-4-,8-7-;. The van der Waals surface area contributed by atoms with Crippen molar-refractivity contribution in [1.82, 2.24) is 4.98 Å². The fourth-order valence-electron chi connectivity index (χ4n) is 7.68. The van der Waals surface area contributed by atoms with Gasteiger partial charge in [0.1, 0.15) is 12.0 Å². The van der Waals surface area contributed by atoms with Crippen molar-refractivity contribution in [2.45, 2.75) is 143 Å². The van der Waals surface area contributed by atoms with Crippen molar-refractivity contribution < 1.29 is 9.53 Å². The van der Waals surface area contributed by atoms with E-state index in [0.29, 0.717) is 16.9 Å². The molecule has 1 heterocycles. The lowest BCUT2D eigenvalue weighted by molar-refractivity contribution is 0.112. The van der Waals surface area contributed by atoms with Gasteiger partial charge < -0.3 is 4.74 Å². The number of pyridine rings is 1. The molecule has 2 unspecified atom stereocenters. The summed E-state index contributed by atoms with van der Waals surface area (Å²) >= 11 is 0. The summed E-state index contributed by atoms with van der Waals surface area (Å²) in [5, 5.41) is 0. The zero-order chi connectivity index (χ0) is 34.1. The van der Waals surface area contributed by atoms with Crippen LogP contribution in [0, 0.1) is 17.3 Å². The lowest BCUT2D eigenvalue weighted by Gasteiger charge is -2.26. The Bertz CT molecular complexity index is 1290. The second-order valence-electron chi connectivity index (χ2n) is 14.1. The van der Waals surface area contributed by atoms with Crippen LogP contribution < -0.4 is 4.74 Å². The monoisotopic (exact) mass is 640 g/mol. The second kappa shape index (κ2) is 20.4. The van der Waals surface area contributed by atoms with E-state index in [0.717, 1.165) is 48.7 Å². The van der Waals surface area contributed by atoms with Gasteiger partial charge in [-0.15, -0.1) is 0 Å². The third-order valence-corrected chi connectivity index (χ3v) is 10.6. The summed E-state index contributed by atoms with van der Waals surface area (Å²) in [6.45, 7) is 15.2. The summed E-state index contributed by atoms with van der Waals surface area (Å²) in [5.41, 5.74) is 7.59. The number of nitrogens with zero attached hydrogens (tertiary/aromatic N) is 1. The molecule has 2 saturated carbocycles. The van der Waals surface area contributed by atoms with Gasteiger partial charge in [-0.2, -0.15) is 0 Å². The molecule has 3 aliphatic rings. The number of aldehydes is 1. The molecule has 0 aliphatic heterocycles. The number of unbranched alkanes of at least 4 members (excludes halogenated alkanes) is 2. The van der Waals surface area contributed by atoms with Crippen molar-refractivity contribution in [2.75, 3.05) is 7.11 Å². The van der Waals surface area contributed by atoms with Gasteiger partial charge in [0.05, 0.1) is 7.11 Å². The van der Waals surface area contributed by atoms with Crippen LogP contribution in [0.1, 0.15) is 157 Å². The summed E-state index contributed by atoms with van der Waals surface area (Å²) in [5.74, 6) is 3.11. The zero-order valence-electron chi connectivity index (χ0n) is 30.8. The molecule has 2 fully saturated rings. The molecule has 0 N–H and O–H groups in total. The number of hydrogen-bond donors (Lipinski definition) is 0. The van der Waals surface area contributed by atoms with Gasteiger partial charge in [0.15, 0.2) is 0 Å². The first-order valence-electron chi connectivity index (χ1n) is 19.0. The third-order valence-electron chi connectivity index (χ3n) is 10.6. The van der Waals surface area contributed by atoms with Gasteiger partial charge in [0.2, 0.25) is 0 Å². The number of methoxy groups -OCH3 is 1. The van der Waals surface area contributed by atoms with Crippen molar-refractivity contribution in [3.8, 4) is 5.75 Å². The predicted octanol–water partition coefficient (Wildman–Crippen LogP) is 12.4. The number of carbonyl (C=O) groups is 1. The average Bonchev–Trinajstić information content (AvgIpc) is 3.72. The lowest BCUT2D eigenvalue weighted by Crippen LogP contribution is -2.16. The largest absolute Gasteiger partial charge is 0.496 e. The van der Waals surface area contributed by atoms with Gasteiger partial charge in [-0.05, 0) is 112 Å². The molecule has 3 nitrogen and oxygen atoms in total. The molecule has 0 radical (unpaired) electrons. The number of fused-ring (bicyclic) bond motifs is 1. The third kappa shape index (κ3) is 11.6. The molecule has 3 aliphatic carbocycles. The molecule has 1 aromatic carbocycles. The van der Waals surface area contributed by atoms with Crippen molar-refractivity contribution >= 4 is 6.29 Å². The Labute approximate surface area is 288 Å². The summed E-state index contributed by atoms with van der Waals surface area (Å²) in [7, 11) is 1.67. The number of rotatable bonds is 14. The van der Waals surface area contributed by atoms with Crippen LogP contribution in [0.2, 0.25) is 0 Å². The molecule has 0 amide bonds. The van der Waals surface area contributed by atoms with Crippen LogP contribution >= 0.6 is 0 Å². The Kier molecular flexibility index (Phi) is 16.7. The maximum absolute atomic E-state index is 11.1.